The molecule has 0 amide bonds. The van der Waals surface area contributed by atoms with E-state index < -0.39 is 57.1 Å². The molecule has 0 aliphatic carbocycles. The van der Waals surface area contributed by atoms with E-state index in [9.17, 15) is 46.0 Å². The van der Waals surface area contributed by atoms with Crippen LogP contribution in [-0.2, 0) is 6.18 Å². The largest absolute Gasteiger partial charge is 0.504 e. The van der Waals surface area contributed by atoms with Crippen LogP contribution in [0.1, 0.15) is 11.1 Å². The highest BCUT2D eigenvalue weighted by Gasteiger charge is 2.42. The van der Waals surface area contributed by atoms with Crippen molar-refractivity contribution < 1.29 is 45.5 Å². The van der Waals surface area contributed by atoms with Gasteiger partial charge in [0, 0.05) is 0 Å². The summed E-state index contributed by atoms with van der Waals surface area (Å²) in [6.07, 6.45) is -5.15. The standard InChI is InChI=1S/C15H8F7N3O4/c1-29-8-2-5(6(25(27)28)3-7(8)26)4-23-24-14-12(18)10(16)9(15(20,21)22)11(17)13(14)19/h2-4,24,26H,1H3/b23-4-. The number of nitrogens with one attached hydrogen (secondary N) is 1. The van der Waals surface area contributed by atoms with E-state index in [4.69, 9.17) is 4.74 Å². The van der Waals surface area contributed by atoms with Crippen molar-refractivity contribution in [1.29, 1.82) is 0 Å². The van der Waals surface area contributed by atoms with Gasteiger partial charge in [-0.25, -0.2) is 17.6 Å². The second kappa shape index (κ2) is 7.81. The molecule has 2 rings (SSSR count). The van der Waals surface area contributed by atoms with Crippen molar-refractivity contribution in [1.82, 2.24) is 0 Å². The molecule has 0 saturated carbocycles. The molecule has 29 heavy (non-hydrogen) atoms. The summed E-state index contributed by atoms with van der Waals surface area (Å²) in [5.41, 5.74) is -4.13. The number of aromatic hydroxyl groups is 1. The van der Waals surface area contributed by atoms with Gasteiger partial charge in [-0.05, 0) is 6.07 Å². The number of halogens is 7. The predicted octanol–water partition coefficient (Wildman–Crippen LogP) is 4.33. The Morgan fingerprint density at radius 3 is 2.14 bits per heavy atom. The lowest BCUT2D eigenvalue weighted by atomic mass is 10.1. The highest BCUT2D eigenvalue weighted by Crippen LogP contribution is 2.38. The minimum Gasteiger partial charge on any atom is -0.504 e. The smallest absolute Gasteiger partial charge is 0.422 e. The van der Waals surface area contributed by atoms with Gasteiger partial charge >= 0.3 is 6.18 Å². The Balaban J connectivity index is 2.48. The highest BCUT2D eigenvalue weighted by molar-refractivity contribution is 5.87. The number of ether oxygens (including phenoxy) is 1. The van der Waals surface area contributed by atoms with E-state index in [0.717, 1.165) is 13.2 Å². The minimum atomic E-state index is -5.71. The molecular formula is C15H8F7N3O4. The number of nitrogens with zero attached hydrogens (tertiary/aromatic N) is 2. The Labute approximate surface area is 156 Å². The molecule has 2 aromatic rings. The van der Waals surface area contributed by atoms with Crippen LogP contribution in [0.3, 0.4) is 0 Å². The first-order valence-corrected chi connectivity index (χ1v) is 7.17. The van der Waals surface area contributed by atoms with Gasteiger partial charge in [0.1, 0.15) is 11.3 Å². The fraction of sp³-hybridized carbons (Fsp3) is 0.133. The van der Waals surface area contributed by atoms with E-state index in [-0.39, 0.29) is 11.3 Å². The summed E-state index contributed by atoms with van der Waals surface area (Å²) in [5, 5.41) is 23.7. The number of hydrazone groups is 1. The van der Waals surface area contributed by atoms with Crippen LogP contribution in [0.4, 0.5) is 42.1 Å². The maximum absolute atomic E-state index is 13.8. The van der Waals surface area contributed by atoms with Crippen LogP contribution in [0.2, 0.25) is 0 Å². The summed E-state index contributed by atoms with van der Waals surface area (Å²) < 4.78 is 96.9. The van der Waals surface area contributed by atoms with Crippen LogP contribution < -0.4 is 10.2 Å². The van der Waals surface area contributed by atoms with Crippen molar-refractivity contribution >= 4 is 17.6 Å². The third-order valence-electron chi connectivity index (χ3n) is 3.45. The molecule has 0 radical (unpaired) electrons. The van der Waals surface area contributed by atoms with E-state index in [0.29, 0.717) is 12.3 Å². The quantitative estimate of drug-likeness (QED) is 0.244. The van der Waals surface area contributed by atoms with Gasteiger partial charge in [-0.2, -0.15) is 18.3 Å². The molecule has 2 aromatic carbocycles. The molecule has 0 heterocycles. The molecule has 0 aliphatic rings. The number of nitro benzene ring substituents is 1. The van der Waals surface area contributed by atoms with Crippen molar-refractivity contribution in [2.75, 3.05) is 12.5 Å². The summed E-state index contributed by atoms with van der Waals surface area (Å²) in [6, 6.07) is 1.57. The summed E-state index contributed by atoms with van der Waals surface area (Å²) in [5.74, 6) is -11.1. The van der Waals surface area contributed by atoms with E-state index in [1.807, 2.05) is 0 Å². The van der Waals surface area contributed by atoms with Gasteiger partial charge in [0.05, 0.1) is 29.9 Å². The molecule has 156 valence electrons. The maximum Gasteiger partial charge on any atom is 0.422 e. The second-order valence-electron chi connectivity index (χ2n) is 5.21. The lowest BCUT2D eigenvalue weighted by molar-refractivity contribution is -0.385. The van der Waals surface area contributed by atoms with Crippen LogP contribution in [0.5, 0.6) is 11.5 Å². The average Bonchev–Trinajstić information content (AvgIpc) is 2.62. The van der Waals surface area contributed by atoms with Crippen molar-refractivity contribution in [3.8, 4) is 11.5 Å². The van der Waals surface area contributed by atoms with Crippen molar-refractivity contribution in [3.05, 3.63) is 56.6 Å². The fourth-order valence-corrected chi connectivity index (χ4v) is 2.14. The Kier molecular flexibility index (Phi) is 5.85. The SMILES string of the molecule is COc1cc(/C=N\Nc2c(F)c(F)c(C(F)(F)F)c(F)c2F)c([N+](=O)[O-])cc1O. The number of nitro groups is 1. The molecule has 0 aliphatic heterocycles. The maximum atomic E-state index is 13.8. The summed E-state index contributed by atoms with van der Waals surface area (Å²) in [6.45, 7) is 0. The number of phenolic OH excluding ortho intramolecular Hbond substituents is 1. The zero-order valence-corrected chi connectivity index (χ0v) is 13.9. The molecule has 0 saturated heterocycles. The van der Waals surface area contributed by atoms with Gasteiger partial charge in [0.25, 0.3) is 5.69 Å². The number of alkyl halides is 3. The third-order valence-corrected chi connectivity index (χ3v) is 3.45. The highest BCUT2D eigenvalue weighted by atomic mass is 19.4. The van der Waals surface area contributed by atoms with Crippen LogP contribution in [0.25, 0.3) is 0 Å². The van der Waals surface area contributed by atoms with Crippen molar-refractivity contribution in [3.63, 3.8) is 0 Å². The second-order valence-corrected chi connectivity index (χ2v) is 5.21. The number of hydrogen-bond acceptors (Lipinski definition) is 6. The van der Waals surface area contributed by atoms with Gasteiger partial charge in [-0.15, -0.1) is 0 Å². The van der Waals surface area contributed by atoms with Crippen LogP contribution in [0, 0.1) is 33.4 Å². The van der Waals surface area contributed by atoms with E-state index >= 15 is 0 Å². The topological polar surface area (TPSA) is 97.0 Å². The van der Waals surface area contributed by atoms with Gasteiger partial charge in [0.2, 0.25) is 0 Å². The average molecular weight is 427 g/mol. The Bertz CT molecular complexity index is 980. The van der Waals surface area contributed by atoms with Crippen LogP contribution in [-0.4, -0.2) is 23.4 Å². The summed E-state index contributed by atoms with van der Waals surface area (Å²) in [4.78, 5) is 10.0. The number of phenols is 1. The zero-order chi connectivity index (χ0) is 22.1. The van der Waals surface area contributed by atoms with Crippen molar-refractivity contribution in [2.45, 2.75) is 6.18 Å². The number of hydrogen-bond donors (Lipinski definition) is 2. The first kappa shape index (κ1) is 21.7. The molecule has 0 atom stereocenters. The lowest BCUT2D eigenvalue weighted by Crippen LogP contribution is -2.16. The minimum absolute atomic E-state index is 0.249. The molecule has 0 fully saturated rings. The Morgan fingerprint density at radius 1 is 1.14 bits per heavy atom. The zero-order valence-electron chi connectivity index (χ0n) is 13.9. The van der Waals surface area contributed by atoms with Crippen LogP contribution >= 0.6 is 0 Å². The van der Waals surface area contributed by atoms with Gasteiger partial charge in [-0.1, -0.05) is 0 Å². The lowest BCUT2D eigenvalue weighted by Gasteiger charge is -2.13. The molecule has 2 N–H and O–H groups in total. The van der Waals surface area contributed by atoms with Crippen molar-refractivity contribution in [2.24, 2.45) is 5.10 Å². The first-order valence-electron chi connectivity index (χ1n) is 7.17. The predicted molar refractivity (Wildman–Crippen MR) is 83.8 cm³/mol. The monoisotopic (exact) mass is 427 g/mol. The normalized spacial score (nSPS) is 11.7. The summed E-state index contributed by atoms with van der Waals surface area (Å²) >= 11 is 0. The molecule has 0 unspecified atom stereocenters. The molecule has 14 heteroatoms. The number of benzene rings is 2. The number of rotatable bonds is 5. The third kappa shape index (κ3) is 4.14. The van der Waals surface area contributed by atoms with Gasteiger partial charge < -0.3 is 9.84 Å². The Morgan fingerprint density at radius 2 is 1.69 bits per heavy atom. The van der Waals surface area contributed by atoms with E-state index in [1.165, 1.54) is 5.43 Å². The fourth-order valence-electron chi connectivity index (χ4n) is 2.14. The van der Waals surface area contributed by atoms with Crippen LogP contribution in [0.15, 0.2) is 17.2 Å². The molecule has 7 nitrogen and oxygen atoms in total. The molecule has 0 aromatic heterocycles. The molecule has 0 bridgehead atoms. The Hall–Kier alpha value is -3.58. The number of methoxy groups -OCH3 is 1. The molecular weight excluding hydrogens is 419 g/mol. The molecule has 0 spiro atoms. The number of anilines is 1. The van der Waals surface area contributed by atoms with E-state index in [1.54, 1.807) is 0 Å². The summed E-state index contributed by atoms with van der Waals surface area (Å²) in [7, 11) is 1.11. The van der Waals surface area contributed by atoms with Gasteiger partial charge in [0.15, 0.2) is 34.8 Å². The van der Waals surface area contributed by atoms with E-state index in [2.05, 4.69) is 5.10 Å². The first-order chi connectivity index (χ1) is 13.4. The van der Waals surface area contributed by atoms with Gasteiger partial charge in [-0.3, -0.25) is 15.5 Å².